The fraction of sp³-hybridized carbons (Fsp3) is 0.316. The Balaban J connectivity index is 2.09. The van der Waals surface area contributed by atoms with Crippen molar-refractivity contribution in [3.05, 3.63) is 59.7 Å². The zero-order valence-electron chi connectivity index (χ0n) is 13.4. The molecule has 0 fully saturated rings. The number of carbonyl (C=O) groups excluding carboxylic acids is 1. The van der Waals surface area contributed by atoms with Gasteiger partial charge in [-0.2, -0.15) is 0 Å². The van der Waals surface area contributed by atoms with Gasteiger partial charge in [-0.3, -0.25) is 4.79 Å². The Morgan fingerprint density at radius 3 is 2.59 bits per heavy atom. The monoisotopic (exact) mass is 297 g/mol. The molecule has 2 rings (SSSR count). The minimum atomic E-state index is -0.494. The first-order valence-corrected chi connectivity index (χ1v) is 7.76. The Morgan fingerprint density at radius 1 is 1.14 bits per heavy atom. The van der Waals surface area contributed by atoms with Crippen molar-refractivity contribution in [2.24, 2.45) is 0 Å². The minimum Gasteiger partial charge on any atom is -0.481 e. The molecule has 22 heavy (non-hydrogen) atoms. The van der Waals surface area contributed by atoms with Crippen LogP contribution in [0.5, 0.6) is 5.75 Å². The average Bonchev–Trinajstić information content (AvgIpc) is 2.53. The second kappa shape index (κ2) is 7.64. The van der Waals surface area contributed by atoms with Gasteiger partial charge in [-0.15, -0.1) is 0 Å². The van der Waals surface area contributed by atoms with Gasteiger partial charge in [-0.25, -0.2) is 0 Å². The molecule has 1 amide bonds. The maximum atomic E-state index is 12.5. The molecule has 0 bridgehead atoms. The first-order chi connectivity index (χ1) is 10.6. The summed E-state index contributed by atoms with van der Waals surface area (Å²) in [6.45, 7) is 6.03. The number of rotatable bonds is 6. The van der Waals surface area contributed by atoms with Crippen molar-refractivity contribution in [1.29, 1.82) is 0 Å². The number of benzene rings is 2. The predicted octanol–water partition coefficient (Wildman–Crippen LogP) is 4.35. The quantitative estimate of drug-likeness (QED) is 0.860. The van der Waals surface area contributed by atoms with Crippen LogP contribution in [-0.4, -0.2) is 12.0 Å². The molecular weight excluding hydrogens is 274 g/mol. The summed E-state index contributed by atoms with van der Waals surface area (Å²) >= 11 is 0. The maximum Gasteiger partial charge on any atom is 0.265 e. The van der Waals surface area contributed by atoms with Gasteiger partial charge in [0.15, 0.2) is 6.10 Å². The zero-order valence-corrected chi connectivity index (χ0v) is 13.4. The third-order valence-corrected chi connectivity index (χ3v) is 3.59. The van der Waals surface area contributed by atoms with E-state index in [0.29, 0.717) is 6.42 Å². The van der Waals surface area contributed by atoms with Gasteiger partial charge in [0.25, 0.3) is 5.91 Å². The summed E-state index contributed by atoms with van der Waals surface area (Å²) in [6.07, 6.45) is 1.01. The van der Waals surface area contributed by atoms with Crippen LogP contribution >= 0.6 is 0 Å². The summed E-state index contributed by atoms with van der Waals surface area (Å²) in [5, 5.41) is 2.98. The van der Waals surface area contributed by atoms with Gasteiger partial charge in [0.1, 0.15) is 5.75 Å². The number of amides is 1. The van der Waals surface area contributed by atoms with Gasteiger partial charge in [-0.1, -0.05) is 44.2 Å². The first-order valence-electron chi connectivity index (χ1n) is 7.76. The van der Waals surface area contributed by atoms with E-state index in [-0.39, 0.29) is 5.91 Å². The standard InChI is InChI=1S/C19H23NO2/c1-4-15-10-6-7-12-17(15)20-19(21)18(5-2)22-16-11-8-9-14(3)13-16/h6-13,18H,4-5H2,1-3H3,(H,20,21)/t18-/m1/s1. The van der Waals surface area contributed by atoms with Crippen molar-refractivity contribution in [2.45, 2.75) is 39.7 Å². The summed E-state index contributed by atoms with van der Waals surface area (Å²) in [5.41, 5.74) is 3.10. The molecule has 2 aromatic carbocycles. The molecule has 0 aliphatic carbocycles. The Kier molecular flexibility index (Phi) is 5.59. The topological polar surface area (TPSA) is 38.3 Å². The van der Waals surface area contributed by atoms with E-state index in [0.717, 1.165) is 29.0 Å². The molecule has 0 saturated heterocycles. The molecular formula is C19H23NO2. The summed E-state index contributed by atoms with van der Waals surface area (Å²) in [6, 6.07) is 15.6. The van der Waals surface area contributed by atoms with Crippen molar-refractivity contribution in [2.75, 3.05) is 5.32 Å². The van der Waals surface area contributed by atoms with Crippen molar-refractivity contribution in [3.8, 4) is 5.75 Å². The maximum absolute atomic E-state index is 12.5. The number of anilines is 1. The van der Waals surface area contributed by atoms with E-state index in [2.05, 4.69) is 12.2 Å². The van der Waals surface area contributed by atoms with Crippen LogP contribution < -0.4 is 10.1 Å². The predicted molar refractivity (Wildman–Crippen MR) is 90.3 cm³/mol. The molecule has 3 nitrogen and oxygen atoms in total. The van der Waals surface area contributed by atoms with Gasteiger partial charge < -0.3 is 10.1 Å². The summed E-state index contributed by atoms with van der Waals surface area (Å²) in [7, 11) is 0. The van der Waals surface area contributed by atoms with Crippen molar-refractivity contribution < 1.29 is 9.53 Å². The highest BCUT2D eigenvalue weighted by molar-refractivity contribution is 5.95. The number of nitrogens with one attached hydrogen (secondary N) is 1. The lowest BCUT2D eigenvalue weighted by atomic mass is 10.1. The fourth-order valence-corrected chi connectivity index (χ4v) is 2.34. The van der Waals surface area contributed by atoms with Crippen molar-refractivity contribution >= 4 is 11.6 Å². The molecule has 2 aromatic rings. The number of hydrogen-bond donors (Lipinski definition) is 1. The van der Waals surface area contributed by atoms with Gasteiger partial charge >= 0.3 is 0 Å². The van der Waals surface area contributed by atoms with Crippen LogP contribution in [0.3, 0.4) is 0 Å². The highest BCUT2D eigenvalue weighted by Crippen LogP contribution is 2.19. The molecule has 0 spiro atoms. The molecule has 0 heterocycles. The average molecular weight is 297 g/mol. The summed E-state index contributed by atoms with van der Waals surface area (Å²) in [5.74, 6) is 0.621. The van der Waals surface area contributed by atoms with Gasteiger partial charge in [0.05, 0.1) is 0 Å². The molecule has 1 atom stereocenters. The molecule has 0 aromatic heterocycles. The van der Waals surface area contributed by atoms with E-state index in [1.54, 1.807) is 0 Å². The SMILES string of the molecule is CCc1ccccc1NC(=O)[C@@H](CC)Oc1cccc(C)c1. The highest BCUT2D eigenvalue weighted by Gasteiger charge is 2.19. The number of aryl methyl sites for hydroxylation is 2. The van der Waals surface area contributed by atoms with E-state index in [9.17, 15) is 4.79 Å². The molecule has 0 unspecified atom stereocenters. The molecule has 3 heteroatoms. The van der Waals surface area contributed by atoms with Crippen LogP contribution in [0, 0.1) is 6.92 Å². The Bertz CT molecular complexity index is 637. The first kappa shape index (κ1) is 16.1. The van der Waals surface area contributed by atoms with Crippen LogP contribution in [0.2, 0.25) is 0 Å². The van der Waals surface area contributed by atoms with E-state index < -0.39 is 6.10 Å². The molecule has 0 aliphatic rings. The Hall–Kier alpha value is -2.29. The van der Waals surface area contributed by atoms with Gasteiger partial charge in [0.2, 0.25) is 0 Å². The van der Waals surface area contributed by atoms with Crippen LogP contribution in [0.25, 0.3) is 0 Å². The van der Waals surface area contributed by atoms with Gasteiger partial charge in [0, 0.05) is 5.69 Å². The molecule has 1 N–H and O–H groups in total. The summed E-state index contributed by atoms with van der Waals surface area (Å²) < 4.78 is 5.84. The smallest absolute Gasteiger partial charge is 0.265 e. The Morgan fingerprint density at radius 2 is 1.91 bits per heavy atom. The summed E-state index contributed by atoms with van der Waals surface area (Å²) in [4.78, 5) is 12.5. The lowest BCUT2D eigenvalue weighted by molar-refractivity contribution is -0.122. The second-order valence-electron chi connectivity index (χ2n) is 5.33. The second-order valence-corrected chi connectivity index (χ2v) is 5.33. The molecule has 0 radical (unpaired) electrons. The molecule has 0 saturated carbocycles. The third kappa shape index (κ3) is 4.10. The highest BCUT2D eigenvalue weighted by atomic mass is 16.5. The minimum absolute atomic E-state index is 0.107. The third-order valence-electron chi connectivity index (χ3n) is 3.59. The number of para-hydroxylation sites is 1. The van der Waals surface area contributed by atoms with E-state index in [1.807, 2.05) is 62.4 Å². The van der Waals surface area contributed by atoms with Crippen LogP contribution in [0.4, 0.5) is 5.69 Å². The molecule has 0 aliphatic heterocycles. The van der Waals surface area contributed by atoms with E-state index in [1.165, 1.54) is 0 Å². The Labute approximate surface area is 132 Å². The van der Waals surface area contributed by atoms with E-state index in [4.69, 9.17) is 4.74 Å². The lowest BCUT2D eigenvalue weighted by Crippen LogP contribution is -2.32. The van der Waals surface area contributed by atoms with Crippen LogP contribution in [-0.2, 0) is 11.2 Å². The van der Waals surface area contributed by atoms with Crippen molar-refractivity contribution in [1.82, 2.24) is 0 Å². The largest absolute Gasteiger partial charge is 0.481 e. The zero-order chi connectivity index (χ0) is 15.9. The van der Waals surface area contributed by atoms with Crippen LogP contribution in [0.1, 0.15) is 31.4 Å². The van der Waals surface area contributed by atoms with Crippen LogP contribution in [0.15, 0.2) is 48.5 Å². The number of hydrogen-bond acceptors (Lipinski definition) is 2. The lowest BCUT2D eigenvalue weighted by Gasteiger charge is -2.18. The molecule has 116 valence electrons. The van der Waals surface area contributed by atoms with Gasteiger partial charge in [-0.05, 0) is 49.1 Å². The number of carbonyl (C=O) groups is 1. The fourth-order valence-electron chi connectivity index (χ4n) is 2.34. The normalized spacial score (nSPS) is 11.8. The van der Waals surface area contributed by atoms with Crippen molar-refractivity contribution in [3.63, 3.8) is 0 Å². The van der Waals surface area contributed by atoms with E-state index >= 15 is 0 Å². The number of ether oxygens (including phenoxy) is 1.